The summed E-state index contributed by atoms with van der Waals surface area (Å²) >= 11 is 0. The maximum atomic E-state index is 12.7. The Bertz CT molecular complexity index is 1110. The van der Waals surface area contributed by atoms with Gasteiger partial charge in [-0.15, -0.1) is 0 Å². The summed E-state index contributed by atoms with van der Waals surface area (Å²) < 4.78 is 32.6. The fourth-order valence-corrected chi connectivity index (χ4v) is 5.82. The summed E-state index contributed by atoms with van der Waals surface area (Å²) in [5, 5.41) is 0. The molecule has 2 aromatic rings. The van der Waals surface area contributed by atoms with Crippen LogP contribution in [-0.4, -0.2) is 62.1 Å². The average molecular weight is 443 g/mol. The van der Waals surface area contributed by atoms with E-state index >= 15 is 0 Å². The molecule has 7 nitrogen and oxygen atoms in total. The molecule has 1 aliphatic heterocycles. The minimum atomic E-state index is -3.56. The Kier molecular flexibility index (Phi) is 5.85. The van der Waals surface area contributed by atoms with Crippen molar-refractivity contribution in [1.29, 1.82) is 0 Å². The molecule has 1 atom stereocenters. The molecule has 0 aromatic heterocycles. The predicted octanol–water partition coefficient (Wildman–Crippen LogP) is 2.60. The second-order valence-electron chi connectivity index (χ2n) is 8.08. The van der Waals surface area contributed by atoms with E-state index in [1.165, 1.54) is 4.31 Å². The number of carbonyl (C=O) groups is 2. The van der Waals surface area contributed by atoms with Crippen molar-refractivity contribution in [1.82, 2.24) is 9.21 Å². The van der Waals surface area contributed by atoms with E-state index in [9.17, 15) is 18.0 Å². The van der Waals surface area contributed by atoms with Crippen molar-refractivity contribution in [2.45, 2.75) is 31.1 Å². The van der Waals surface area contributed by atoms with Crippen LogP contribution in [0.15, 0.2) is 47.4 Å². The van der Waals surface area contributed by atoms with Gasteiger partial charge in [0.25, 0.3) is 5.91 Å². The molecular formula is C23H26N2O5S. The van der Waals surface area contributed by atoms with Crippen LogP contribution in [0, 0.1) is 6.92 Å². The molecule has 0 spiro atoms. The summed E-state index contributed by atoms with van der Waals surface area (Å²) in [5.41, 5.74) is 2.66. The maximum Gasteiger partial charge on any atom is 0.260 e. The van der Waals surface area contributed by atoms with Crippen LogP contribution < -0.4 is 4.74 Å². The highest BCUT2D eigenvalue weighted by atomic mass is 32.2. The first-order valence-corrected chi connectivity index (χ1v) is 11.9. The Hall–Kier alpha value is -2.71. The van der Waals surface area contributed by atoms with Gasteiger partial charge in [-0.3, -0.25) is 9.59 Å². The molecule has 1 unspecified atom stereocenters. The van der Waals surface area contributed by atoms with Gasteiger partial charge in [-0.1, -0.05) is 31.2 Å². The van der Waals surface area contributed by atoms with Gasteiger partial charge in [-0.25, -0.2) is 8.42 Å². The summed E-state index contributed by atoms with van der Waals surface area (Å²) in [7, 11) is -3.56. The summed E-state index contributed by atoms with van der Waals surface area (Å²) in [6.45, 7) is 4.90. The van der Waals surface area contributed by atoms with Crippen LogP contribution in [0.2, 0.25) is 0 Å². The number of aryl methyl sites for hydroxylation is 1. The van der Waals surface area contributed by atoms with Crippen LogP contribution >= 0.6 is 0 Å². The predicted molar refractivity (Wildman–Crippen MR) is 116 cm³/mol. The first-order chi connectivity index (χ1) is 14.8. The zero-order chi connectivity index (χ0) is 22.2. The molecule has 4 rings (SSSR count). The summed E-state index contributed by atoms with van der Waals surface area (Å²) in [6, 6.07) is 12.0. The van der Waals surface area contributed by atoms with Crippen LogP contribution in [0.4, 0.5) is 0 Å². The zero-order valence-electron chi connectivity index (χ0n) is 17.7. The van der Waals surface area contributed by atoms with Crippen molar-refractivity contribution < 1.29 is 22.7 Å². The van der Waals surface area contributed by atoms with Crippen LogP contribution in [0.5, 0.6) is 5.75 Å². The SMILES string of the molecule is Cc1ccc(OCC(=O)N2CCN(S(=O)(=O)c3ccccc3)CC2)c2c1C(C)CC2=O. The molecule has 1 fully saturated rings. The molecular weight excluding hydrogens is 416 g/mol. The van der Waals surface area contributed by atoms with Crippen LogP contribution in [-0.2, 0) is 14.8 Å². The quantitative estimate of drug-likeness (QED) is 0.711. The third kappa shape index (κ3) is 4.09. The molecule has 1 heterocycles. The average Bonchev–Trinajstić information content (AvgIpc) is 3.08. The van der Waals surface area contributed by atoms with Crippen LogP contribution in [0.1, 0.15) is 40.7 Å². The second-order valence-corrected chi connectivity index (χ2v) is 10.0. The van der Waals surface area contributed by atoms with Crippen molar-refractivity contribution in [2.24, 2.45) is 0 Å². The highest BCUT2D eigenvalue weighted by Gasteiger charge is 2.32. The summed E-state index contributed by atoms with van der Waals surface area (Å²) in [4.78, 5) is 26.9. The van der Waals surface area contributed by atoms with Gasteiger partial charge in [0, 0.05) is 32.6 Å². The Morgan fingerprint density at radius 1 is 1.06 bits per heavy atom. The van der Waals surface area contributed by atoms with E-state index in [0.29, 0.717) is 30.8 Å². The minimum absolute atomic E-state index is 0.0494. The number of hydrogen-bond donors (Lipinski definition) is 0. The van der Waals surface area contributed by atoms with Crippen LogP contribution in [0.3, 0.4) is 0 Å². The topological polar surface area (TPSA) is 84.0 Å². The molecule has 0 saturated carbocycles. The normalized spacial score (nSPS) is 19.4. The van der Waals surface area contributed by atoms with Crippen molar-refractivity contribution in [3.63, 3.8) is 0 Å². The largest absolute Gasteiger partial charge is 0.483 e. The van der Waals surface area contributed by atoms with E-state index in [-0.39, 0.29) is 42.2 Å². The molecule has 2 aliphatic rings. The number of benzene rings is 2. The maximum absolute atomic E-state index is 12.7. The number of hydrogen-bond acceptors (Lipinski definition) is 5. The van der Waals surface area contributed by atoms with Crippen molar-refractivity contribution >= 4 is 21.7 Å². The molecule has 1 saturated heterocycles. The fraction of sp³-hybridized carbons (Fsp3) is 0.391. The molecule has 1 amide bonds. The number of sulfonamides is 1. The van der Waals surface area contributed by atoms with Crippen molar-refractivity contribution in [3.8, 4) is 5.75 Å². The lowest BCUT2D eigenvalue weighted by molar-refractivity contribution is -0.134. The molecule has 1 aliphatic carbocycles. The van der Waals surface area contributed by atoms with Gasteiger partial charge in [0.15, 0.2) is 12.4 Å². The number of amides is 1. The van der Waals surface area contributed by atoms with E-state index in [4.69, 9.17) is 4.74 Å². The highest BCUT2D eigenvalue weighted by molar-refractivity contribution is 7.89. The van der Waals surface area contributed by atoms with Gasteiger partial charge >= 0.3 is 0 Å². The smallest absolute Gasteiger partial charge is 0.260 e. The van der Waals surface area contributed by atoms with E-state index < -0.39 is 10.0 Å². The number of Topliss-reactive ketones (excluding diaryl/α,β-unsaturated/α-hetero) is 1. The van der Waals surface area contributed by atoms with Gasteiger partial charge < -0.3 is 9.64 Å². The number of fused-ring (bicyclic) bond motifs is 1. The van der Waals surface area contributed by atoms with Crippen LogP contribution in [0.25, 0.3) is 0 Å². The van der Waals surface area contributed by atoms with Gasteiger partial charge in [-0.2, -0.15) is 4.31 Å². The number of rotatable bonds is 5. The summed E-state index contributed by atoms with van der Waals surface area (Å²) in [5.74, 6) is 0.438. The molecule has 0 radical (unpaired) electrons. The van der Waals surface area contributed by atoms with Gasteiger partial charge in [-0.05, 0) is 42.2 Å². The van der Waals surface area contributed by atoms with Gasteiger partial charge in [0.2, 0.25) is 10.0 Å². The van der Waals surface area contributed by atoms with E-state index in [2.05, 4.69) is 0 Å². The monoisotopic (exact) mass is 442 g/mol. The lowest BCUT2D eigenvalue weighted by Gasteiger charge is -2.34. The highest BCUT2D eigenvalue weighted by Crippen LogP contribution is 2.40. The lowest BCUT2D eigenvalue weighted by atomic mass is 9.97. The zero-order valence-corrected chi connectivity index (χ0v) is 18.5. The Labute approximate surface area is 182 Å². The first kappa shape index (κ1) is 21.5. The van der Waals surface area contributed by atoms with E-state index in [0.717, 1.165) is 11.1 Å². The molecule has 8 heteroatoms. The molecule has 164 valence electrons. The van der Waals surface area contributed by atoms with Crippen molar-refractivity contribution in [3.05, 3.63) is 59.2 Å². The molecule has 0 N–H and O–H groups in total. The lowest BCUT2D eigenvalue weighted by Crippen LogP contribution is -2.51. The fourth-order valence-electron chi connectivity index (χ4n) is 4.38. The second kappa shape index (κ2) is 8.43. The Balaban J connectivity index is 1.37. The number of ketones is 1. The van der Waals surface area contributed by atoms with Crippen molar-refractivity contribution in [2.75, 3.05) is 32.8 Å². The van der Waals surface area contributed by atoms with Gasteiger partial charge in [0.1, 0.15) is 5.75 Å². The first-order valence-electron chi connectivity index (χ1n) is 10.4. The number of nitrogens with zero attached hydrogens (tertiary/aromatic N) is 2. The molecule has 31 heavy (non-hydrogen) atoms. The molecule has 2 aromatic carbocycles. The van der Waals surface area contributed by atoms with E-state index in [1.807, 2.05) is 19.9 Å². The Morgan fingerprint density at radius 2 is 1.74 bits per heavy atom. The van der Waals surface area contributed by atoms with E-state index in [1.54, 1.807) is 41.3 Å². The summed E-state index contributed by atoms with van der Waals surface area (Å²) in [6.07, 6.45) is 0.461. The number of ether oxygens (including phenoxy) is 1. The van der Waals surface area contributed by atoms with Gasteiger partial charge in [0.05, 0.1) is 10.5 Å². The third-order valence-electron chi connectivity index (χ3n) is 6.01. The Morgan fingerprint density at radius 3 is 2.42 bits per heavy atom. The number of carbonyl (C=O) groups excluding carboxylic acids is 2. The standard InChI is InChI=1S/C23H26N2O5S/c1-16-8-9-20(23-19(26)14-17(2)22(16)23)30-15-21(27)24-10-12-25(13-11-24)31(28,29)18-6-4-3-5-7-18/h3-9,17H,10-15H2,1-2H3. The molecule has 0 bridgehead atoms. The minimum Gasteiger partial charge on any atom is -0.483 e. The third-order valence-corrected chi connectivity index (χ3v) is 7.92. The number of piperazine rings is 1.